The number of β-lactam (4-membered cyclic amide) rings is 1. The van der Waals surface area contributed by atoms with E-state index >= 15 is 0 Å². The molecule has 0 spiro atoms. The number of methoxy groups -OCH3 is 1. The third kappa shape index (κ3) is 5.50. The van der Waals surface area contributed by atoms with E-state index in [1.807, 2.05) is 42.5 Å². The highest BCUT2D eigenvalue weighted by molar-refractivity contribution is 8.00. The SMILES string of the molecule is C=C=CCC1=C(C(=O)OCc2ccc(OC)cc2)N2C(=O)[C@@H](NC(=O)Cc3ccccc3)[C@H]2SC1. The first-order valence-electron chi connectivity index (χ1n) is 11.2. The highest BCUT2D eigenvalue weighted by Crippen LogP contribution is 2.41. The molecule has 35 heavy (non-hydrogen) atoms. The summed E-state index contributed by atoms with van der Waals surface area (Å²) in [5.41, 5.74) is 5.39. The number of carbonyl (C=O) groups is 3. The quantitative estimate of drug-likeness (QED) is 0.330. The molecule has 2 aliphatic heterocycles. The van der Waals surface area contributed by atoms with E-state index in [1.165, 1.54) is 16.7 Å². The van der Waals surface area contributed by atoms with Crippen molar-refractivity contribution in [3.8, 4) is 5.75 Å². The fourth-order valence-electron chi connectivity index (χ4n) is 3.97. The molecule has 2 atom stereocenters. The van der Waals surface area contributed by atoms with Crippen molar-refractivity contribution >= 4 is 29.5 Å². The van der Waals surface area contributed by atoms with Crippen LogP contribution >= 0.6 is 11.8 Å². The van der Waals surface area contributed by atoms with Crippen molar-refractivity contribution in [2.45, 2.75) is 30.9 Å². The van der Waals surface area contributed by atoms with Crippen LogP contribution in [0.25, 0.3) is 0 Å². The Balaban J connectivity index is 1.45. The van der Waals surface area contributed by atoms with Gasteiger partial charge in [-0.05, 0) is 41.3 Å². The highest BCUT2D eigenvalue weighted by Gasteiger charge is 2.54. The van der Waals surface area contributed by atoms with Gasteiger partial charge in [-0.3, -0.25) is 14.5 Å². The molecule has 0 radical (unpaired) electrons. The maximum absolute atomic E-state index is 13.1. The maximum Gasteiger partial charge on any atom is 0.355 e. The van der Waals surface area contributed by atoms with Gasteiger partial charge in [-0.1, -0.05) is 49.0 Å². The number of esters is 1. The number of fused-ring (bicyclic) bond motifs is 1. The van der Waals surface area contributed by atoms with Crippen LogP contribution in [0.15, 0.2) is 84.3 Å². The monoisotopic (exact) mass is 490 g/mol. The van der Waals surface area contributed by atoms with Gasteiger partial charge in [-0.2, -0.15) is 0 Å². The second-order valence-electron chi connectivity index (χ2n) is 8.11. The molecule has 7 nitrogen and oxygen atoms in total. The molecule has 0 unspecified atom stereocenters. The van der Waals surface area contributed by atoms with Crippen LogP contribution in [-0.4, -0.2) is 47.0 Å². The molecule has 2 aromatic rings. The summed E-state index contributed by atoms with van der Waals surface area (Å²) in [4.78, 5) is 40.2. The number of thioether (sulfide) groups is 1. The van der Waals surface area contributed by atoms with Gasteiger partial charge in [0.1, 0.15) is 29.5 Å². The van der Waals surface area contributed by atoms with Gasteiger partial charge < -0.3 is 14.8 Å². The van der Waals surface area contributed by atoms with Gasteiger partial charge in [0.15, 0.2) is 0 Å². The fourth-order valence-corrected chi connectivity index (χ4v) is 5.33. The van der Waals surface area contributed by atoms with Crippen molar-refractivity contribution in [2.24, 2.45) is 0 Å². The minimum Gasteiger partial charge on any atom is -0.497 e. The predicted molar refractivity (Wildman–Crippen MR) is 133 cm³/mol. The van der Waals surface area contributed by atoms with E-state index in [0.29, 0.717) is 17.9 Å². The van der Waals surface area contributed by atoms with E-state index in [4.69, 9.17) is 9.47 Å². The minimum absolute atomic E-state index is 0.0635. The zero-order chi connectivity index (χ0) is 24.8. The van der Waals surface area contributed by atoms with Gasteiger partial charge in [0.05, 0.1) is 13.5 Å². The lowest BCUT2D eigenvalue weighted by molar-refractivity contribution is -0.153. The molecule has 2 aromatic carbocycles. The number of amides is 2. The highest BCUT2D eigenvalue weighted by atomic mass is 32.2. The average molecular weight is 491 g/mol. The van der Waals surface area contributed by atoms with Crippen molar-refractivity contribution in [1.82, 2.24) is 10.2 Å². The molecule has 0 aromatic heterocycles. The van der Waals surface area contributed by atoms with Gasteiger partial charge in [0.2, 0.25) is 5.91 Å². The largest absolute Gasteiger partial charge is 0.497 e. The van der Waals surface area contributed by atoms with E-state index < -0.39 is 12.0 Å². The van der Waals surface area contributed by atoms with Crippen LogP contribution in [0.5, 0.6) is 5.75 Å². The van der Waals surface area contributed by atoms with Gasteiger partial charge in [-0.25, -0.2) is 4.79 Å². The first-order chi connectivity index (χ1) is 17.0. The summed E-state index contributed by atoms with van der Waals surface area (Å²) < 4.78 is 10.7. The summed E-state index contributed by atoms with van der Waals surface area (Å²) in [5, 5.41) is 2.47. The maximum atomic E-state index is 13.1. The lowest BCUT2D eigenvalue weighted by Gasteiger charge is -2.49. The minimum atomic E-state index is -0.683. The lowest BCUT2D eigenvalue weighted by atomic mass is 10.0. The van der Waals surface area contributed by atoms with E-state index in [1.54, 1.807) is 25.3 Å². The van der Waals surface area contributed by atoms with Crippen LogP contribution in [0.2, 0.25) is 0 Å². The Hall–Kier alpha value is -3.74. The molecule has 1 N–H and O–H groups in total. The van der Waals surface area contributed by atoms with E-state index in [9.17, 15) is 14.4 Å². The fraction of sp³-hybridized carbons (Fsp3) is 0.259. The van der Waals surface area contributed by atoms with Crippen molar-refractivity contribution in [2.75, 3.05) is 12.9 Å². The van der Waals surface area contributed by atoms with Crippen molar-refractivity contribution in [3.63, 3.8) is 0 Å². The Morgan fingerprint density at radius 1 is 1.17 bits per heavy atom. The number of nitrogens with zero attached hydrogens (tertiary/aromatic N) is 1. The molecule has 1 fully saturated rings. The third-order valence-corrected chi connectivity index (χ3v) is 7.13. The van der Waals surface area contributed by atoms with Gasteiger partial charge in [0.25, 0.3) is 5.91 Å². The van der Waals surface area contributed by atoms with Gasteiger partial charge in [0, 0.05) is 5.75 Å². The lowest BCUT2D eigenvalue weighted by Crippen LogP contribution is -2.70. The Kier molecular flexibility index (Phi) is 7.75. The Morgan fingerprint density at radius 2 is 1.91 bits per heavy atom. The molecule has 2 amide bonds. The first kappa shape index (κ1) is 24.4. The second-order valence-corrected chi connectivity index (χ2v) is 9.21. The zero-order valence-electron chi connectivity index (χ0n) is 19.4. The Bertz CT molecular complexity index is 1190. The summed E-state index contributed by atoms with van der Waals surface area (Å²) in [5.74, 6) is 0.119. The van der Waals surface area contributed by atoms with Crippen molar-refractivity contribution in [3.05, 3.63) is 95.4 Å². The Morgan fingerprint density at radius 3 is 2.60 bits per heavy atom. The number of hydrogen-bond acceptors (Lipinski definition) is 6. The molecule has 2 heterocycles. The van der Waals surface area contributed by atoms with Crippen LogP contribution in [-0.2, 0) is 32.1 Å². The van der Waals surface area contributed by atoms with E-state index in [-0.39, 0.29) is 35.9 Å². The van der Waals surface area contributed by atoms with Gasteiger partial charge >= 0.3 is 5.97 Å². The average Bonchev–Trinajstić information content (AvgIpc) is 2.89. The zero-order valence-corrected chi connectivity index (χ0v) is 20.2. The molecular formula is C27H26N2O5S. The van der Waals surface area contributed by atoms with Crippen LogP contribution in [0.3, 0.4) is 0 Å². The van der Waals surface area contributed by atoms with E-state index in [0.717, 1.165) is 16.7 Å². The number of hydrogen-bond donors (Lipinski definition) is 1. The number of ether oxygens (including phenoxy) is 2. The number of nitrogens with one attached hydrogen (secondary N) is 1. The van der Waals surface area contributed by atoms with E-state index in [2.05, 4.69) is 17.6 Å². The number of allylic oxidation sites excluding steroid dienone is 1. The van der Waals surface area contributed by atoms with Crippen LogP contribution in [0.1, 0.15) is 17.5 Å². The summed E-state index contributed by atoms with van der Waals surface area (Å²) in [6.07, 6.45) is 2.34. The molecule has 180 valence electrons. The van der Waals surface area contributed by atoms with Crippen LogP contribution in [0.4, 0.5) is 0 Å². The van der Waals surface area contributed by atoms with Crippen LogP contribution < -0.4 is 10.1 Å². The summed E-state index contributed by atoms with van der Waals surface area (Å²) in [6, 6.07) is 15.9. The smallest absolute Gasteiger partial charge is 0.355 e. The normalized spacial score (nSPS) is 18.7. The summed E-state index contributed by atoms with van der Waals surface area (Å²) in [7, 11) is 1.58. The molecule has 0 aliphatic carbocycles. The molecule has 1 saturated heterocycles. The molecule has 0 bridgehead atoms. The summed E-state index contributed by atoms with van der Waals surface area (Å²) in [6.45, 7) is 3.65. The molecule has 0 saturated carbocycles. The number of rotatable bonds is 9. The Labute approximate surface area is 208 Å². The predicted octanol–water partition coefficient (Wildman–Crippen LogP) is 3.37. The molecule has 2 aliphatic rings. The molecule has 8 heteroatoms. The van der Waals surface area contributed by atoms with Gasteiger partial charge in [-0.15, -0.1) is 17.5 Å². The standard InChI is InChI=1S/C27H26N2O5S/c1-3-4-10-20-17-35-26-23(28-22(30)15-18-8-6-5-7-9-18)25(31)29(26)24(20)27(32)34-16-19-11-13-21(33-2)14-12-19/h4-9,11-14,23,26H,1,10,15-17H2,2H3,(H,28,30)/t23-,26-/m1/s1. The number of benzene rings is 2. The number of carbonyl (C=O) groups excluding carboxylic acids is 3. The second kappa shape index (κ2) is 11.1. The molecule has 4 rings (SSSR count). The first-order valence-corrected chi connectivity index (χ1v) is 12.2. The topological polar surface area (TPSA) is 84.9 Å². The third-order valence-electron chi connectivity index (χ3n) is 5.79. The van der Waals surface area contributed by atoms with Crippen molar-refractivity contribution < 1.29 is 23.9 Å². The molecular weight excluding hydrogens is 464 g/mol. The van der Waals surface area contributed by atoms with Crippen molar-refractivity contribution in [1.29, 1.82) is 0 Å². The van der Waals surface area contributed by atoms with Crippen LogP contribution in [0, 0.1) is 0 Å². The summed E-state index contributed by atoms with van der Waals surface area (Å²) >= 11 is 1.51.